The maximum Gasteiger partial charge on any atom is 0.407 e. The highest BCUT2D eigenvalue weighted by Gasteiger charge is 2.15. The van der Waals surface area contributed by atoms with Crippen LogP contribution in [0, 0.1) is 0 Å². The van der Waals surface area contributed by atoms with Gasteiger partial charge in [-0.05, 0) is 39.3 Å². The molecule has 6 nitrogen and oxygen atoms in total. The van der Waals surface area contributed by atoms with Crippen LogP contribution in [0.3, 0.4) is 0 Å². The van der Waals surface area contributed by atoms with Gasteiger partial charge in [0, 0.05) is 13.1 Å². The fourth-order valence-corrected chi connectivity index (χ4v) is 1.29. The Morgan fingerprint density at radius 1 is 1.26 bits per heavy atom. The third-order valence-corrected chi connectivity index (χ3v) is 2.05. The summed E-state index contributed by atoms with van der Waals surface area (Å²) in [4.78, 5) is 22.8. The molecule has 19 heavy (non-hydrogen) atoms. The van der Waals surface area contributed by atoms with Crippen LogP contribution in [0.25, 0.3) is 0 Å². The Hall–Kier alpha value is -1.98. The van der Waals surface area contributed by atoms with Crippen molar-refractivity contribution in [3.05, 3.63) is 24.2 Å². The van der Waals surface area contributed by atoms with E-state index in [1.807, 2.05) is 0 Å². The van der Waals surface area contributed by atoms with Gasteiger partial charge in [0.2, 0.25) is 0 Å². The average molecular weight is 268 g/mol. The first-order valence-electron chi connectivity index (χ1n) is 6.17. The van der Waals surface area contributed by atoms with E-state index in [4.69, 9.17) is 9.15 Å². The van der Waals surface area contributed by atoms with Gasteiger partial charge in [-0.25, -0.2) is 4.79 Å². The number of hydrogen-bond donors (Lipinski definition) is 2. The van der Waals surface area contributed by atoms with Crippen LogP contribution in [-0.4, -0.2) is 30.7 Å². The molecular weight excluding hydrogens is 248 g/mol. The van der Waals surface area contributed by atoms with Crippen LogP contribution >= 0.6 is 0 Å². The van der Waals surface area contributed by atoms with Crippen molar-refractivity contribution in [2.24, 2.45) is 0 Å². The monoisotopic (exact) mass is 268 g/mol. The maximum atomic E-state index is 11.5. The molecule has 1 heterocycles. The number of ether oxygens (including phenoxy) is 1. The molecular formula is C13H20N2O4. The van der Waals surface area contributed by atoms with Gasteiger partial charge in [-0.2, -0.15) is 0 Å². The molecule has 6 heteroatoms. The third-order valence-electron chi connectivity index (χ3n) is 2.05. The van der Waals surface area contributed by atoms with Gasteiger partial charge in [-0.1, -0.05) is 0 Å². The van der Waals surface area contributed by atoms with Crippen molar-refractivity contribution in [1.29, 1.82) is 0 Å². The largest absolute Gasteiger partial charge is 0.459 e. The second-order valence-electron chi connectivity index (χ2n) is 5.02. The average Bonchev–Trinajstić information content (AvgIpc) is 2.79. The number of hydrogen-bond acceptors (Lipinski definition) is 4. The molecule has 0 aliphatic carbocycles. The number of furan rings is 1. The van der Waals surface area contributed by atoms with Gasteiger partial charge < -0.3 is 19.8 Å². The molecule has 0 radical (unpaired) electrons. The number of alkyl carbamates (subject to hydrolysis) is 1. The second-order valence-corrected chi connectivity index (χ2v) is 5.02. The molecule has 106 valence electrons. The molecule has 0 saturated heterocycles. The number of rotatable bonds is 5. The molecule has 0 saturated carbocycles. The predicted molar refractivity (Wildman–Crippen MR) is 69.9 cm³/mol. The van der Waals surface area contributed by atoms with Crippen LogP contribution in [0.2, 0.25) is 0 Å². The Balaban J connectivity index is 2.09. The molecule has 0 bridgehead atoms. The van der Waals surface area contributed by atoms with E-state index in [-0.39, 0.29) is 11.7 Å². The van der Waals surface area contributed by atoms with Gasteiger partial charge >= 0.3 is 6.09 Å². The summed E-state index contributed by atoms with van der Waals surface area (Å²) in [7, 11) is 0. The second kappa shape index (κ2) is 6.82. The summed E-state index contributed by atoms with van der Waals surface area (Å²) in [5.74, 6) is 0.0161. The fourth-order valence-electron chi connectivity index (χ4n) is 1.29. The molecule has 0 aliphatic heterocycles. The van der Waals surface area contributed by atoms with Crippen molar-refractivity contribution in [2.75, 3.05) is 13.1 Å². The first-order valence-corrected chi connectivity index (χ1v) is 6.17. The first-order chi connectivity index (χ1) is 8.88. The number of amides is 2. The minimum atomic E-state index is -0.502. The van der Waals surface area contributed by atoms with E-state index in [1.165, 1.54) is 6.26 Å². The lowest BCUT2D eigenvalue weighted by Gasteiger charge is -2.19. The van der Waals surface area contributed by atoms with Crippen molar-refractivity contribution in [3.63, 3.8) is 0 Å². The minimum absolute atomic E-state index is 0.262. The SMILES string of the molecule is CC(C)(C)OC(=O)NCCCNC(=O)c1ccco1. The molecule has 0 spiro atoms. The number of carbonyl (C=O) groups is 2. The van der Waals surface area contributed by atoms with Crippen LogP contribution in [0.15, 0.2) is 22.8 Å². The normalized spacial score (nSPS) is 10.9. The van der Waals surface area contributed by atoms with Gasteiger partial charge in [0.1, 0.15) is 5.60 Å². The van der Waals surface area contributed by atoms with Crippen molar-refractivity contribution < 1.29 is 18.7 Å². The smallest absolute Gasteiger partial charge is 0.407 e. The zero-order chi connectivity index (χ0) is 14.3. The van der Waals surface area contributed by atoms with Gasteiger partial charge in [0.15, 0.2) is 5.76 Å². The molecule has 0 atom stereocenters. The Bertz CT molecular complexity index is 407. The lowest BCUT2D eigenvalue weighted by atomic mass is 10.2. The van der Waals surface area contributed by atoms with Gasteiger partial charge in [-0.3, -0.25) is 4.79 Å². The van der Waals surface area contributed by atoms with Crippen molar-refractivity contribution in [2.45, 2.75) is 32.8 Å². The number of carbonyl (C=O) groups excluding carboxylic acids is 2. The summed E-state index contributed by atoms with van der Waals surface area (Å²) < 4.78 is 10.0. The highest BCUT2D eigenvalue weighted by molar-refractivity contribution is 5.91. The van der Waals surface area contributed by atoms with Crippen LogP contribution in [0.5, 0.6) is 0 Å². The molecule has 2 amide bonds. The first kappa shape index (κ1) is 15.1. The summed E-state index contributed by atoms with van der Waals surface area (Å²) in [5.41, 5.74) is -0.502. The summed E-state index contributed by atoms with van der Waals surface area (Å²) in [6, 6.07) is 3.24. The molecule has 0 aromatic carbocycles. The Kier molecular flexibility index (Phi) is 5.41. The Morgan fingerprint density at radius 3 is 2.53 bits per heavy atom. The van der Waals surface area contributed by atoms with E-state index in [1.54, 1.807) is 32.9 Å². The number of nitrogens with one attached hydrogen (secondary N) is 2. The molecule has 1 aromatic rings. The van der Waals surface area contributed by atoms with E-state index >= 15 is 0 Å². The van der Waals surface area contributed by atoms with Crippen molar-refractivity contribution >= 4 is 12.0 Å². The van der Waals surface area contributed by atoms with Crippen LogP contribution in [0.1, 0.15) is 37.7 Å². The van der Waals surface area contributed by atoms with Crippen LogP contribution in [-0.2, 0) is 4.74 Å². The molecule has 0 aliphatic rings. The van der Waals surface area contributed by atoms with Crippen LogP contribution < -0.4 is 10.6 Å². The van der Waals surface area contributed by atoms with E-state index < -0.39 is 11.7 Å². The topological polar surface area (TPSA) is 80.6 Å². The molecule has 0 fully saturated rings. The van der Waals surface area contributed by atoms with Gasteiger partial charge in [0.05, 0.1) is 6.26 Å². The summed E-state index contributed by atoms with van der Waals surface area (Å²) >= 11 is 0. The summed E-state index contributed by atoms with van der Waals surface area (Å²) in [6.07, 6.45) is 1.61. The zero-order valence-corrected chi connectivity index (χ0v) is 11.5. The van der Waals surface area contributed by atoms with E-state index in [0.717, 1.165) is 0 Å². The maximum absolute atomic E-state index is 11.5. The highest BCUT2D eigenvalue weighted by atomic mass is 16.6. The molecule has 2 N–H and O–H groups in total. The Morgan fingerprint density at radius 2 is 1.95 bits per heavy atom. The summed E-state index contributed by atoms with van der Waals surface area (Å²) in [5, 5.41) is 5.29. The van der Waals surface area contributed by atoms with Gasteiger partial charge in [0.25, 0.3) is 5.91 Å². The lowest BCUT2D eigenvalue weighted by Crippen LogP contribution is -2.34. The van der Waals surface area contributed by atoms with E-state index in [9.17, 15) is 9.59 Å². The minimum Gasteiger partial charge on any atom is -0.459 e. The van der Waals surface area contributed by atoms with E-state index in [2.05, 4.69) is 10.6 Å². The zero-order valence-electron chi connectivity index (χ0n) is 11.5. The lowest BCUT2D eigenvalue weighted by molar-refractivity contribution is 0.0527. The quantitative estimate of drug-likeness (QED) is 0.799. The molecule has 1 aromatic heterocycles. The third kappa shape index (κ3) is 6.49. The summed E-state index contributed by atoms with van der Waals surface area (Å²) in [6.45, 7) is 6.30. The van der Waals surface area contributed by atoms with Crippen molar-refractivity contribution in [3.8, 4) is 0 Å². The molecule has 1 rings (SSSR count). The fraction of sp³-hybridized carbons (Fsp3) is 0.538. The van der Waals surface area contributed by atoms with Gasteiger partial charge in [-0.15, -0.1) is 0 Å². The Labute approximate surface area is 112 Å². The molecule has 0 unspecified atom stereocenters. The van der Waals surface area contributed by atoms with Crippen molar-refractivity contribution in [1.82, 2.24) is 10.6 Å². The standard InChI is InChI=1S/C13H20N2O4/c1-13(2,3)19-12(17)15-8-5-7-14-11(16)10-6-4-9-18-10/h4,6,9H,5,7-8H2,1-3H3,(H,14,16)(H,15,17). The highest BCUT2D eigenvalue weighted by Crippen LogP contribution is 2.06. The van der Waals surface area contributed by atoms with Crippen LogP contribution in [0.4, 0.5) is 4.79 Å². The van der Waals surface area contributed by atoms with E-state index in [0.29, 0.717) is 19.5 Å². The predicted octanol–water partition coefficient (Wildman–Crippen LogP) is 1.92.